The maximum Gasteiger partial charge on any atom is 0.240 e. The number of hydrogen-bond acceptors (Lipinski definition) is 4. The normalized spacial score (nSPS) is 11.3. The summed E-state index contributed by atoms with van der Waals surface area (Å²) in [5.74, 6) is 0. The second-order valence-electron chi connectivity index (χ2n) is 4.38. The number of nitrogens with two attached hydrogens (primary N) is 2. The molecule has 0 spiro atoms. The molecule has 7 heteroatoms. The second kappa shape index (κ2) is 5.32. The first-order valence-electron chi connectivity index (χ1n) is 5.73. The summed E-state index contributed by atoms with van der Waals surface area (Å²) in [7, 11) is -3.87. The van der Waals surface area contributed by atoms with Gasteiger partial charge in [-0.3, -0.25) is 0 Å². The molecule has 0 saturated carbocycles. The van der Waals surface area contributed by atoms with E-state index in [2.05, 4.69) is 5.32 Å². The fourth-order valence-electron chi connectivity index (χ4n) is 1.75. The van der Waals surface area contributed by atoms with E-state index >= 15 is 0 Å². The molecule has 0 aromatic heterocycles. The average molecular weight is 312 g/mol. The zero-order valence-corrected chi connectivity index (χ0v) is 12.3. The predicted molar refractivity (Wildman–Crippen MR) is 81.7 cm³/mol. The Kier molecular flexibility index (Phi) is 3.89. The van der Waals surface area contributed by atoms with Gasteiger partial charge in [-0.15, -0.1) is 0 Å². The highest BCUT2D eigenvalue weighted by Gasteiger charge is 2.15. The van der Waals surface area contributed by atoms with E-state index in [4.69, 9.17) is 22.5 Å². The summed E-state index contributed by atoms with van der Waals surface area (Å²) < 4.78 is 23.2. The molecular formula is C13H14ClN3O2S. The third-order valence-electron chi connectivity index (χ3n) is 2.78. The van der Waals surface area contributed by atoms with Gasteiger partial charge in [0, 0.05) is 16.4 Å². The van der Waals surface area contributed by atoms with Crippen molar-refractivity contribution in [2.45, 2.75) is 11.8 Å². The molecule has 0 atom stereocenters. The lowest BCUT2D eigenvalue weighted by atomic mass is 10.2. The van der Waals surface area contributed by atoms with Gasteiger partial charge in [-0.25, -0.2) is 13.6 Å². The van der Waals surface area contributed by atoms with Gasteiger partial charge in [0.25, 0.3) is 0 Å². The Morgan fingerprint density at radius 3 is 2.45 bits per heavy atom. The van der Waals surface area contributed by atoms with Gasteiger partial charge in [0.2, 0.25) is 10.0 Å². The van der Waals surface area contributed by atoms with Crippen molar-refractivity contribution >= 4 is 38.7 Å². The molecule has 5 nitrogen and oxygen atoms in total. The molecule has 0 aliphatic rings. The van der Waals surface area contributed by atoms with E-state index in [0.717, 1.165) is 5.56 Å². The molecule has 0 bridgehead atoms. The Labute approximate surface area is 122 Å². The van der Waals surface area contributed by atoms with Gasteiger partial charge in [0.05, 0.1) is 5.69 Å². The highest BCUT2D eigenvalue weighted by Crippen LogP contribution is 2.29. The van der Waals surface area contributed by atoms with Crippen LogP contribution in [0.25, 0.3) is 0 Å². The van der Waals surface area contributed by atoms with Gasteiger partial charge < -0.3 is 11.1 Å². The number of nitrogens with one attached hydrogen (secondary N) is 1. The summed E-state index contributed by atoms with van der Waals surface area (Å²) in [5.41, 5.74) is 7.90. The van der Waals surface area contributed by atoms with Gasteiger partial charge in [-0.1, -0.05) is 17.7 Å². The van der Waals surface area contributed by atoms with Crippen LogP contribution in [0.5, 0.6) is 0 Å². The molecule has 2 aromatic carbocycles. The molecule has 106 valence electrons. The second-order valence-corrected chi connectivity index (χ2v) is 6.35. The van der Waals surface area contributed by atoms with Crippen molar-refractivity contribution in [2.24, 2.45) is 5.14 Å². The number of nitrogen functional groups attached to an aromatic ring is 1. The van der Waals surface area contributed by atoms with Crippen molar-refractivity contribution in [3.05, 3.63) is 47.0 Å². The van der Waals surface area contributed by atoms with Crippen molar-refractivity contribution in [3.8, 4) is 0 Å². The van der Waals surface area contributed by atoms with E-state index in [-0.39, 0.29) is 4.90 Å². The van der Waals surface area contributed by atoms with Crippen molar-refractivity contribution < 1.29 is 8.42 Å². The zero-order chi connectivity index (χ0) is 14.9. The van der Waals surface area contributed by atoms with Crippen molar-refractivity contribution in [3.63, 3.8) is 0 Å². The lowest BCUT2D eigenvalue weighted by molar-refractivity contribution is 0.598. The largest absolute Gasteiger partial charge is 0.399 e. The zero-order valence-electron chi connectivity index (χ0n) is 10.7. The number of hydrogen-bond donors (Lipinski definition) is 3. The Bertz CT molecular complexity index is 760. The van der Waals surface area contributed by atoms with Crippen LogP contribution in [0.2, 0.25) is 5.02 Å². The van der Waals surface area contributed by atoms with E-state index in [9.17, 15) is 8.42 Å². The molecule has 0 aliphatic carbocycles. The first-order valence-corrected chi connectivity index (χ1v) is 7.65. The Morgan fingerprint density at radius 1 is 1.10 bits per heavy atom. The SMILES string of the molecule is Cc1ccc(Cl)cc1Nc1ccc(N)cc1S(N)(=O)=O. The molecule has 0 fully saturated rings. The van der Waals surface area contributed by atoms with E-state index in [1.165, 1.54) is 6.07 Å². The van der Waals surface area contributed by atoms with Crippen LogP contribution in [0.3, 0.4) is 0 Å². The molecule has 0 amide bonds. The van der Waals surface area contributed by atoms with Gasteiger partial charge in [0.15, 0.2) is 0 Å². The number of sulfonamides is 1. The summed E-state index contributed by atoms with van der Waals surface area (Å²) in [6.45, 7) is 1.88. The number of halogens is 1. The third-order valence-corrected chi connectivity index (χ3v) is 3.97. The van der Waals surface area contributed by atoms with Crippen LogP contribution in [0.15, 0.2) is 41.3 Å². The van der Waals surface area contributed by atoms with Gasteiger partial charge in [-0.2, -0.15) is 0 Å². The number of rotatable bonds is 3. The average Bonchev–Trinajstić information content (AvgIpc) is 2.34. The van der Waals surface area contributed by atoms with E-state index in [1.807, 2.05) is 13.0 Å². The van der Waals surface area contributed by atoms with Crippen LogP contribution in [-0.4, -0.2) is 8.42 Å². The number of anilines is 3. The maximum atomic E-state index is 11.6. The highest BCUT2D eigenvalue weighted by atomic mass is 35.5. The molecule has 2 aromatic rings. The van der Waals surface area contributed by atoms with Gasteiger partial charge >= 0.3 is 0 Å². The van der Waals surface area contributed by atoms with Crippen LogP contribution in [0, 0.1) is 6.92 Å². The minimum absolute atomic E-state index is 0.0584. The summed E-state index contributed by atoms with van der Waals surface area (Å²) in [4.78, 5) is -0.0584. The fourth-order valence-corrected chi connectivity index (χ4v) is 2.65. The van der Waals surface area contributed by atoms with E-state index in [1.54, 1.807) is 24.3 Å². The molecule has 0 saturated heterocycles. The summed E-state index contributed by atoms with van der Waals surface area (Å²) in [6.07, 6.45) is 0. The topological polar surface area (TPSA) is 98.2 Å². The lowest BCUT2D eigenvalue weighted by Gasteiger charge is -2.13. The van der Waals surface area contributed by atoms with Gasteiger partial charge in [-0.05, 0) is 42.8 Å². The predicted octanol–water partition coefficient (Wildman–Crippen LogP) is 2.62. The minimum atomic E-state index is -3.87. The quantitative estimate of drug-likeness (QED) is 0.759. The molecule has 0 radical (unpaired) electrons. The maximum absolute atomic E-state index is 11.6. The van der Waals surface area contributed by atoms with Crippen LogP contribution in [-0.2, 0) is 10.0 Å². The molecule has 0 unspecified atom stereocenters. The minimum Gasteiger partial charge on any atom is -0.399 e. The van der Waals surface area contributed by atoms with E-state index in [0.29, 0.717) is 22.1 Å². The molecule has 20 heavy (non-hydrogen) atoms. The monoisotopic (exact) mass is 311 g/mol. The Balaban J connectivity index is 2.52. The first-order chi connectivity index (χ1) is 9.27. The Hall–Kier alpha value is -1.76. The van der Waals surface area contributed by atoms with Crippen LogP contribution >= 0.6 is 11.6 Å². The smallest absolute Gasteiger partial charge is 0.240 e. The van der Waals surface area contributed by atoms with Crippen molar-refractivity contribution in [1.29, 1.82) is 0 Å². The van der Waals surface area contributed by atoms with Crippen LogP contribution in [0.1, 0.15) is 5.56 Å². The highest BCUT2D eigenvalue weighted by molar-refractivity contribution is 7.89. The standard InChI is InChI=1S/C13H14ClN3O2S/c1-8-2-3-9(14)6-12(8)17-11-5-4-10(15)7-13(11)20(16,18)19/h2-7,17H,15H2,1H3,(H2,16,18,19). The molecule has 0 aliphatic heterocycles. The molecule has 2 rings (SSSR count). The summed E-state index contributed by atoms with van der Waals surface area (Å²) >= 11 is 5.94. The van der Waals surface area contributed by atoms with Crippen LogP contribution in [0.4, 0.5) is 17.1 Å². The number of aryl methyl sites for hydroxylation is 1. The fraction of sp³-hybridized carbons (Fsp3) is 0.0769. The Morgan fingerprint density at radius 2 is 1.80 bits per heavy atom. The summed E-state index contributed by atoms with van der Waals surface area (Å²) in [5, 5.41) is 8.76. The first kappa shape index (κ1) is 14.6. The number of primary sulfonamides is 1. The molecule has 0 heterocycles. The lowest BCUT2D eigenvalue weighted by Crippen LogP contribution is -2.14. The molecular weight excluding hydrogens is 298 g/mol. The molecule has 5 N–H and O–H groups in total. The summed E-state index contributed by atoms with van der Waals surface area (Å²) in [6, 6.07) is 9.77. The van der Waals surface area contributed by atoms with Crippen molar-refractivity contribution in [1.82, 2.24) is 0 Å². The van der Waals surface area contributed by atoms with Crippen LogP contribution < -0.4 is 16.2 Å². The third kappa shape index (κ3) is 3.22. The number of benzene rings is 2. The van der Waals surface area contributed by atoms with Gasteiger partial charge in [0.1, 0.15) is 4.90 Å². The van der Waals surface area contributed by atoms with E-state index < -0.39 is 10.0 Å². The van der Waals surface area contributed by atoms with Crippen molar-refractivity contribution in [2.75, 3.05) is 11.1 Å².